The summed E-state index contributed by atoms with van der Waals surface area (Å²) < 4.78 is 34.8. The molecule has 0 saturated carbocycles. The Balaban J connectivity index is 1.81. The largest absolute Gasteiger partial charge is 0.495 e. The van der Waals surface area contributed by atoms with E-state index in [1.165, 1.54) is 24.1 Å². The smallest absolute Gasteiger partial charge is 0.264 e. The first kappa shape index (κ1) is 32.3. The Labute approximate surface area is 260 Å². The number of hydrogen-bond donors (Lipinski definition) is 1. The third-order valence-electron chi connectivity index (χ3n) is 7.43. The standard InChI is InChI=1S/C35H39N3O5S/c1-4-27(2)36-35(40)32(24-28-16-8-5-9-17-28)37(25-29-18-10-6-11-19-29)34(39)26-38(31-22-14-15-23-33(31)43-3)44(41,42)30-20-12-7-13-21-30/h5-23,27,32H,4,24-26H2,1-3H3,(H,36,40)/t27-,32-/m0/s1. The lowest BCUT2D eigenvalue weighted by Crippen LogP contribution is -2.54. The van der Waals surface area contributed by atoms with Gasteiger partial charge in [0.1, 0.15) is 18.3 Å². The molecule has 0 aliphatic carbocycles. The maximum absolute atomic E-state index is 14.5. The Kier molecular flexibility index (Phi) is 11.2. The third kappa shape index (κ3) is 8.05. The van der Waals surface area contributed by atoms with Crippen LogP contribution in [0.15, 0.2) is 120 Å². The van der Waals surface area contributed by atoms with Crippen molar-refractivity contribution >= 4 is 27.5 Å². The fourth-order valence-electron chi connectivity index (χ4n) is 4.84. The Bertz CT molecular complexity index is 1620. The quantitative estimate of drug-likeness (QED) is 0.204. The summed E-state index contributed by atoms with van der Waals surface area (Å²) in [6.07, 6.45) is 0.967. The van der Waals surface area contributed by atoms with Crippen LogP contribution in [0.3, 0.4) is 0 Å². The van der Waals surface area contributed by atoms with Gasteiger partial charge in [-0.05, 0) is 48.7 Å². The molecule has 4 aromatic rings. The maximum Gasteiger partial charge on any atom is 0.264 e. The van der Waals surface area contributed by atoms with E-state index >= 15 is 0 Å². The van der Waals surface area contributed by atoms with Gasteiger partial charge in [-0.2, -0.15) is 0 Å². The highest BCUT2D eigenvalue weighted by atomic mass is 32.2. The molecule has 0 radical (unpaired) electrons. The van der Waals surface area contributed by atoms with Gasteiger partial charge in [-0.25, -0.2) is 8.42 Å². The number of ether oxygens (including phenoxy) is 1. The van der Waals surface area contributed by atoms with Gasteiger partial charge in [0.2, 0.25) is 11.8 Å². The average molecular weight is 614 g/mol. The topological polar surface area (TPSA) is 96.0 Å². The summed E-state index contributed by atoms with van der Waals surface area (Å²) in [7, 11) is -2.76. The molecule has 2 atom stereocenters. The molecule has 44 heavy (non-hydrogen) atoms. The molecule has 2 amide bonds. The second-order valence-electron chi connectivity index (χ2n) is 10.5. The molecule has 1 N–H and O–H groups in total. The van der Waals surface area contributed by atoms with E-state index in [1.807, 2.05) is 74.5 Å². The first-order valence-corrected chi connectivity index (χ1v) is 16.1. The lowest BCUT2D eigenvalue weighted by Gasteiger charge is -2.34. The molecule has 0 aromatic heterocycles. The van der Waals surface area contributed by atoms with Gasteiger partial charge in [0.15, 0.2) is 0 Å². The highest BCUT2D eigenvalue weighted by molar-refractivity contribution is 7.92. The first-order valence-electron chi connectivity index (χ1n) is 14.6. The van der Waals surface area contributed by atoms with E-state index in [1.54, 1.807) is 42.5 Å². The van der Waals surface area contributed by atoms with Crippen molar-refractivity contribution in [1.82, 2.24) is 10.2 Å². The number of anilines is 1. The SMILES string of the molecule is CC[C@H](C)NC(=O)[C@H](Cc1ccccc1)N(Cc1ccccc1)C(=O)CN(c1ccccc1OC)S(=O)(=O)c1ccccc1. The monoisotopic (exact) mass is 613 g/mol. The van der Waals surface area contributed by atoms with E-state index in [-0.39, 0.29) is 35.5 Å². The minimum absolute atomic E-state index is 0.0312. The molecule has 9 heteroatoms. The van der Waals surface area contributed by atoms with Gasteiger partial charge in [-0.15, -0.1) is 0 Å². The predicted octanol–water partition coefficient (Wildman–Crippen LogP) is 5.45. The zero-order valence-corrected chi connectivity index (χ0v) is 26.1. The number of amides is 2. The molecule has 4 aromatic carbocycles. The maximum atomic E-state index is 14.5. The van der Waals surface area contributed by atoms with E-state index < -0.39 is 28.5 Å². The van der Waals surface area contributed by atoms with Gasteiger partial charge in [0.05, 0.1) is 17.7 Å². The summed E-state index contributed by atoms with van der Waals surface area (Å²) in [6, 6.07) is 32.5. The van der Waals surface area contributed by atoms with Gasteiger partial charge in [-0.1, -0.05) is 97.9 Å². The van der Waals surface area contributed by atoms with Crippen LogP contribution in [0.2, 0.25) is 0 Å². The molecular formula is C35H39N3O5S. The molecule has 0 heterocycles. The van der Waals surface area contributed by atoms with E-state index in [4.69, 9.17) is 4.74 Å². The van der Waals surface area contributed by atoms with Crippen LogP contribution >= 0.6 is 0 Å². The van der Waals surface area contributed by atoms with Crippen LogP contribution in [-0.4, -0.2) is 50.9 Å². The molecule has 230 valence electrons. The summed E-state index contributed by atoms with van der Waals surface area (Å²) in [5, 5.41) is 3.05. The number of para-hydroxylation sites is 2. The molecular weight excluding hydrogens is 574 g/mol. The highest BCUT2D eigenvalue weighted by Crippen LogP contribution is 2.32. The second-order valence-corrected chi connectivity index (χ2v) is 12.4. The Morgan fingerprint density at radius 1 is 0.795 bits per heavy atom. The zero-order chi connectivity index (χ0) is 31.5. The Morgan fingerprint density at radius 2 is 1.34 bits per heavy atom. The number of nitrogens with zero attached hydrogens (tertiary/aromatic N) is 2. The van der Waals surface area contributed by atoms with Crippen LogP contribution in [0.25, 0.3) is 0 Å². The van der Waals surface area contributed by atoms with E-state index in [9.17, 15) is 18.0 Å². The van der Waals surface area contributed by atoms with Gasteiger partial charge < -0.3 is 15.0 Å². The number of hydrogen-bond acceptors (Lipinski definition) is 5. The minimum Gasteiger partial charge on any atom is -0.495 e. The van der Waals surface area contributed by atoms with Crippen LogP contribution in [0.1, 0.15) is 31.4 Å². The number of nitrogens with one attached hydrogen (secondary N) is 1. The van der Waals surface area contributed by atoms with E-state index in [2.05, 4.69) is 5.32 Å². The van der Waals surface area contributed by atoms with Crippen LogP contribution in [0.5, 0.6) is 5.75 Å². The molecule has 4 rings (SSSR count). The molecule has 0 unspecified atom stereocenters. The van der Waals surface area contributed by atoms with Gasteiger partial charge >= 0.3 is 0 Å². The summed E-state index contributed by atoms with van der Waals surface area (Å²) in [5.41, 5.74) is 1.90. The number of sulfonamides is 1. The summed E-state index contributed by atoms with van der Waals surface area (Å²) >= 11 is 0. The Hall–Kier alpha value is -4.63. The minimum atomic E-state index is -4.21. The number of methoxy groups -OCH3 is 1. The van der Waals surface area contributed by atoms with Crippen molar-refractivity contribution in [1.29, 1.82) is 0 Å². The third-order valence-corrected chi connectivity index (χ3v) is 9.21. The van der Waals surface area contributed by atoms with Gasteiger partial charge in [0.25, 0.3) is 10.0 Å². The molecule has 0 aliphatic heterocycles. The van der Waals surface area contributed by atoms with Crippen molar-refractivity contribution in [3.63, 3.8) is 0 Å². The number of benzene rings is 4. The predicted molar refractivity (Wildman–Crippen MR) is 173 cm³/mol. The highest BCUT2D eigenvalue weighted by Gasteiger charge is 2.35. The Morgan fingerprint density at radius 3 is 1.93 bits per heavy atom. The van der Waals surface area contributed by atoms with Crippen LogP contribution in [-0.2, 0) is 32.6 Å². The van der Waals surface area contributed by atoms with Crippen LogP contribution < -0.4 is 14.4 Å². The molecule has 0 saturated heterocycles. The second kappa shape index (κ2) is 15.2. The average Bonchev–Trinajstić information content (AvgIpc) is 3.06. The molecule has 0 bridgehead atoms. The normalized spacial score (nSPS) is 12.5. The van der Waals surface area contributed by atoms with Crippen LogP contribution in [0.4, 0.5) is 5.69 Å². The fourth-order valence-corrected chi connectivity index (χ4v) is 6.29. The molecule has 0 fully saturated rings. The zero-order valence-electron chi connectivity index (χ0n) is 25.3. The molecule has 0 aliphatic rings. The lowest BCUT2D eigenvalue weighted by molar-refractivity contribution is -0.140. The van der Waals surface area contributed by atoms with E-state index in [0.717, 1.165) is 15.4 Å². The van der Waals surface area contributed by atoms with Gasteiger partial charge in [-0.3, -0.25) is 13.9 Å². The number of rotatable bonds is 14. The van der Waals surface area contributed by atoms with Gasteiger partial charge in [0, 0.05) is 19.0 Å². The first-order chi connectivity index (χ1) is 21.2. The van der Waals surface area contributed by atoms with Crippen molar-refractivity contribution in [2.24, 2.45) is 0 Å². The summed E-state index contributed by atoms with van der Waals surface area (Å²) in [6.45, 7) is 3.45. The van der Waals surface area contributed by atoms with Crippen molar-refractivity contribution < 1.29 is 22.7 Å². The lowest BCUT2D eigenvalue weighted by atomic mass is 10.0. The summed E-state index contributed by atoms with van der Waals surface area (Å²) in [4.78, 5) is 29.9. The molecule has 0 spiro atoms. The molecule has 8 nitrogen and oxygen atoms in total. The number of carbonyl (C=O) groups is 2. The van der Waals surface area contributed by atoms with E-state index in [0.29, 0.717) is 12.2 Å². The van der Waals surface area contributed by atoms with Crippen molar-refractivity contribution in [2.75, 3.05) is 18.0 Å². The van der Waals surface area contributed by atoms with Crippen LogP contribution in [0, 0.1) is 0 Å². The van der Waals surface area contributed by atoms with Crippen molar-refractivity contribution in [2.45, 2.75) is 50.2 Å². The fraction of sp³-hybridized carbons (Fsp3) is 0.257. The number of carbonyl (C=O) groups excluding carboxylic acids is 2. The van der Waals surface area contributed by atoms with Crippen molar-refractivity contribution in [3.05, 3.63) is 126 Å². The van der Waals surface area contributed by atoms with Crippen molar-refractivity contribution in [3.8, 4) is 5.75 Å². The summed E-state index contributed by atoms with van der Waals surface area (Å²) in [5.74, 6) is -0.536.